The number of nitriles is 1. The number of carbonyl (C=O) groups excluding carboxylic acids is 1. The fraction of sp³-hybridized carbons (Fsp3) is 0.261. The molecule has 0 saturated carbocycles. The highest BCUT2D eigenvalue weighted by Gasteiger charge is 2.29. The van der Waals surface area contributed by atoms with Gasteiger partial charge in [0.2, 0.25) is 0 Å². The molecule has 29 heavy (non-hydrogen) atoms. The van der Waals surface area contributed by atoms with Crippen molar-refractivity contribution < 1.29 is 14.3 Å². The van der Waals surface area contributed by atoms with Gasteiger partial charge in [0.25, 0.3) is 5.91 Å². The number of rotatable bonds is 4. The first kappa shape index (κ1) is 19.1. The van der Waals surface area contributed by atoms with Crippen LogP contribution in [0.1, 0.15) is 21.5 Å². The van der Waals surface area contributed by atoms with Crippen molar-refractivity contribution in [3.05, 3.63) is 65.2 Å². The zero-order valence-corrected chi connectivity index (χ0v) is 16.3. The molecule has 3 aromatic rings. The molecule has 146 valence electrons. The smallest absolute Gasteiger partial charge is 0.251 e. The van der Waals surface area contributed by atoms with Gasteiger partial charge in [-0.25, -0.2) is 4.98 Å². The lowest BCUT2D eigenvalue weighted by Crippen LogP contribution is -2.43. The molecule has 1 aliphatic rings. The maximum atomic E-state index is 12.6. The van der Waals surface area contributed by atoms with E-state index >= 15 is 0 Å². The number of aromatic nitrogens is 1. The Labute approximate surface area is 169 Å². The molecule has 4 rings (SSSR count). The van der Waals surface area contributed by atoms with E-state index in [2.05, 4.69) is 11.4 Å². The lowest BCUT2D eigenvalue weighted by atomic mass is 9.98. The molecule has 0 radical (unpaired) electrons. The maximum Gasteiger partial charge on any atom is 0.251 e. The van der Waals surface area contributed by atoms with Gasteiger partial charge in [0.15, 0.2) is 0 Å². The minimum atomic E-state index is -0.183. The summed E-state index contributed by atoms with van der Waals surface area (Å²) in [4.78, 5) is 17.3. The molecule has 2 atom stereocenters. The van der Waals surface area contributed by atoms with Gasteiger partial charge in [-0.05, 0) is 30.7 Å². The Bertz CT molecular complexity index is 1100. The molecule has 1 N–H and O–H groups in total. The number of aryl methyl sites for hydroxylation is 1. The number of amides is 1. The second-order valence-corrected chi connectivity index (χ2v) is 7.06. The topological polar surface area (TPSA) is 84.2 Å². The molecule has 2 aromatic carbocycles. The number of hydrogen-bond donors (Lipinski definition) is 1. The quantitative estimate of drug-likeness (QED) is 0.743. The van der Waals surface area contributed by atoms with E-state index in [1.54, 1.807) is 19.2 Å². The summed E-state index contributed by atoms with van der Waals surface area (Å²) in [5.41, 5.74) is 4.25. The van der Waals surface area contributed by atoms with Crippen molar-refractivity contribution in [1.29, 1.82) is 5.26 Å². The van der Waals surface area contributed by atoms with Crippen LogP contribution in [0.25, 0.3) is 22.2 Å². The third-order valence-corrected chi connectivity index (χ3v) is 5.33. The first-order chi connectivity index (χ1) is 14.1. The first-order valence-electron chi connectivity index (χ1n) is 9.43. The molecule has 1 aromatic heterocycles. The largest absolute Gasteiger partial charge is 0.377 e. The van der Waals surface area contributed by atoms with Gasteiger partial charge in [-0.3, -0.25) is 4.79 Å². The minimum absolute atomic E-state index is 0.138. The highest BCUT2D eigenvalue weighted by Crippen LogP contribution is 2.29. The summed E-state index contributed by atoms with van der Waals surface area (Å²) in [6, 6.07) is 17.0. The summed E-state index contributed by atoms with van der Waals surface area (Å²) in [5, 5.41) is 13.6. The summed E-state index contributed by atoms with van der Waals surface area (Å²) in [6.07, 6.45) is -0.138. The summed E-state index contributed by atoms with van der Waals surface area (Å²) in [6.45, 7) is 2.85. The molecule has 0 unspecified atom stereocenters. The highest BCUT2D eigenvalue weighted by molar-refractivity contribution is 5.95. The van der Waals surface area contributed by atoms with E-state index in [1.165, 1.54) is 0 Å². The van der Waals surface area contributed by atoms with E-state index in [0.29, 0.717) is 30.0 Å². The van der Waals surface area contributed by atoms with Gasteiger partial charge in [-0.1, -0.05) is 30.3 Å². The summed E-state index contributed by atoms with van der Waals surface area (Å²) < 4.78 is 10.7. The number of methoxy groups -OCH3 is 1. The average molecular weight is 387 g/mol. The number of nitrogens with zero attached hydrogens (tertiary/aromatic N) is 2. The van der Waals surface area contributed by atoms with Crippen molar-refractivity contribution in [2.24, 2.45) is 0 Å². The summed E-state index contributed by atoms with van der Waals surface area (Å²) >= 11 is 0. The number of hydrogen-bond acceptors (Lipinski definition) is 5. The summed E-state index contributed by atoms with van der Waals surface area (Å²) in [5.74, 6) is -0.183. The number of carbonyl (C=O) groups is 1. The third-order valence-electron chi connectivity index (χ3n) is 5.33. The predicted molar refractivity (Wildman–Crippen MR) is 110 cm³/mol. The van der Waals surface area contributed by atoms with Crippen molar-refractivity contribution in [2.45, 2.75) is 19.1 Å². The number of pyridine rings is 1. The highest BCUT2D eigenvalue weighted by atomic mass is 16.5. The molecule has 0 aliphatic carbocycles. The zero-order valence-electron chi connectivity index (χ0n) is 16.3. The minimum Gasteiger partial charge on any atom is -0.377 e. The van der Waals surface area contributed by atoms with E-state index in [-0.39, 0.29) is 18.1 Å². The summed E-state index contributed by atoms with van der Waals surface area (Å²) in [7, 11) is 1.61. The van der Waals surface area contributed by atoms with Gasteiger partial charge in [-0.15, -0.1) is 0 Å². The average Bonchev–Trinajstić information content (AvgIpc) is 3.21. The Kier molecular flexibility index (Phi) is 5.26. The molecule has 1 saturated heterocycles. The van der Waals surface area contributed by atoms with Crippen LogP contribution in [0.2, 0.25) is 0 Å². The lowest BCUT2D eigenvalue weighted by Gasteiger charge is -2.17. The molecule has 0 spiro atoms. The Morgan fingerprint density at radius 2 is 1.97 bits per heavy atom. The Morgan fingerprint density at radius 1 is 1.21 bits per heavy atom. The third kappa shape index (κ3) is 3.58. The Morgan fingerprint density at radius 3 is 2.69 bits per heavy atom. The maximum absolute atomic E-state index is 12.6. The van der Waals surface area contributed by atoms with Crippen molar-refractivity contribution in [3.63, 3.8) is 0 Å². The molecule has 6 nitrogen and oxygen atoms in total. The van der Waals surface area contributed by atoms with E-state index in [9.17, 15) is 10.1 Å². The van der Waals surface area contributed by atoms with E-state index in [1.807, 2.05) is 43.3 Å². The predicted octanol–water partition coefficient (Wildman–Crippen LogP) is 3.23. The van der Waals surface area contributed by atoms with Crippen LogP contribution in [-0.2, 0) is 9.47 Å². The van der Waals surface area contributed by atoms with Crippen LogP contribution in [0.4, 0.5) is 0 Å². The van der Waals surface area contributed by atoms with Gasteiger partial charge in [0, 0.05) is 23.6 Å². The Balaban J connectivity index is 1.63. The molecule has 6 heteroatoms. The van der Waals surface area contributed by atoms with Crippen molar-refractivity contribution in [3.8, 4) is 17.3 Å². The molecular weight excluding hydrogens is 366 g/mol. The first-order valence-corrected chi connectivity index (χ1v) is 9.43. The van der Waals surface area contributed by atoms with Gasteiger partial charge >= 0.3 is 0 Å². The number of nitrogens with one attached hydrogen (secondary N) is 1. The van der Waals surface area contributed by atoms with Crippen LogP contribution in [-0.4, -0.2) is 43.4 Å². The fourth-order valence-corrected chi connectivity index (χ4v) is 3.66. The standard InChI is InChI=1S/C23H21N3O3/c1-14-17-5-3-4-6-19(17)25-22(18(14)11-24)15-7-9-16(10-8-15)23(27)26-20-12-29-13-21(20)28-2/h3-10,20-21H,12-13H2,1-2H3,(H,26,27)/t20-,21+/m0/s1. The van der Waals surface area contributed by atoms with Crippen molar-refractivity contribution in [1.82, 2.24) is 10.3 Å². The van der Waals surface area contributed by atoms with E-state index in [4.69, 9.17) is 14.5 Å². The van der Waals surface area contributed by atoms with Crippen LogP contribution in [0.3, 0.4) is 0 Å². The van der Waals surface area contributed by atoms with Crippen molar-refractivity contribution in [2.75, 3.05) is 20.3 Å². The van der Waals surface area contributed by atoms with Crippen LogP contribution >= 0.6 is 0 Å². The lowest BCUT2D eigenvalue weighted by molar-refractivity contribution is 0.0685. The molecule has 1 aliphatic heterocycles. The molecule has 0 bridgehead atoms. The number of ether oxygens (including phenoxy) is 2. The van der Waals surface area contributed by atoms with Gasteiger partial charge < -0.3 is 14.8 Å². The van der Waals surface area contributed by atoms with Crippen LogP contribution in [0, 0.1) is 18.3 Å². The zero-order chi connectivity index (χ0) is 20.4. The fourth-order valence-electron chi connectivity index (χ4n) is 3.66. The molecule has 1 amide bonds. The van der Waals surface area contributed by atoms with E-state index < -0.39 is 0 Å². The van der Waals surface area contributed by atoms with E-state index in [0.717, 1.165) is 22.0 Å². The van der Waals surface area contributed by atoms with Crippen LogP contribution < -0.4 is 5.32 Å². The normalized spacial score (nSPS) is 18.5. The second-order valence-electron chi connectivity index (χ2n) is 7.06. The molecule has 1 fully saturated rings. The number of para-hydroxylation sites is 1. The SMILES string of the molecule is CO[C@@H]1COC[C@@H]1NC(=O)c1ccc(-c2nc3ccccc3c(C)c2C#N)cc1. The van der Waals surface area contributed by atoms with Crippen molar-refractivity contribution >= 4 is 16.8 Å². The Hall–Kier alpha value is -3.27. The number of benzene rings is 2. The monoisotopic (exact) mass is 387 g/mol. The molecule has 2 heterocycles. The number of fused-ring (bicyclic) bond motifs is 1. The van der Waals surface area contributed by atoms with Crippen LogP contribution in [0.15, 0.2) is 48.5 Å². The van der Waals surface area contributed by atoms with Gasteiger partial charge in [-0.2, -0.15) is 5.26 Å². The van der Waals surface area contributed by atoms with Gasteiger partial charge in [0.1, 0.15) is 12.2 Å². The van der Waals surface area contributed by atoms with Gasteiger partial charge in [0.05, 0.1) is 36.0 Å². The molecular formula is C23H21N3O3. The second kappa shape index (κ2) is 8.00. The van der Waals surface area contributed by atoms with Crippen LogP contribution in [0.5, 0.6) is 0 Å².